The van der Waals surface area contributed by atoms with Crippen molar-refractivity contribution in [2.75, 3.05) is 6.61 Å². The van der Waals surface area contributed by atoms with Crippen LogP contribution in [-0.4, -0.2) is 62.3 Å². The molecule has 0 fully saturated rings. The van der Waals surface area contributed by atoms with Gasteiger partial charge in [0.2, 0.25) is 0 Å². The molecule has 22 heavy (non-hydrogen) atoms. The Labute approximate surface area is 126 Å². The highest BCUT2D eigenvalue weighted by Gasteiger charge is 2.34. The van der Waals surface area contributed by atoms with Crippen molar-refractivity contribution >= 4 is 16.6 Å². The fraction of sp³-hybridized carbons (Fsp3) is 0.312. The molecule has 2 aromatic carbocycles. The van der Waals surface area contributed by atoms with Crippen molar-refractivity contribution < 1.29 is 30.3 Å². The molecule has 0 spiro atoms. The van der Waals surface area contributed by atoms with Crippen LogP contribution >= 0.6 is 0 Å². The second-order valence-electron chi connectivity index (χ2n) is 5.10. The van der Waals surface area contributed by atoms with Gasteiger partial charge in [-0.1, -0.05) is 36.4 Å². The number of benzene rings is 2. The zero-order valence-corrected chi connectivity index (χ0v) is 11.7. The SMILES string of the molecule is O=C(c1ccc2ccccc2c1)C(O)C(O)C(O)C(O)CO. The van der Waals surface area contributed by atoms with Crippen molar-refractivity contribution in [1.29, 1.82) is 0 Å². The van der Waals surface area contributed by atoms with Gasteiger partial charge in [-0.25, -0.2) is 0 Å². The third-order valence-corrected chi connectivity index (χ3v) is 3.56. The van der Waals surface area contributed by atoms with Gasteiger partial charge in [0.05, 0.1) is 6.61 Å². The lowest BCUT2D eigenvalue weighted by Gasteiger charge is -2.24. The molecule has 0 radical (unpaired) electrons. The molecule has 0 aromatic heterocycles. The number of ketones is 1. The van der Waals surface area contributed by atoms with E-state index >= 15 is 0 Å². The van der Waals surface area contributed by atoms with Crippen LogP contribution in [0.4, 0.5) is 0 Å². The Hall–Kier alpha value is -1.83. The van der Waals surface area contributed by atoms with Gasteiger partial charge in [0, 0.05) is 5.56 Å². The predicted molar refractivity (Wildman–Crippen MR) is 79.4 cm³/mol. The summed E-state index contributed by atoms with van der Waals surface area (Å²) in [5, 5.41) is 48.9. The number of carbonyl (C=O) groups excluding carboxylic acids is 1. The van der Waals surface area contributed by atoms with E-state index < -0.39 is 36.8 Å². The average Bonchev–Trinajstić information content (AvgIpc) is 2.57. The molecule has 6 nitrogen and oxygen atoms in total. The van der Waals surface area contributed by atoms with Gasteiger partial charge >= 0.3 is 0 Å². The first-order chi connectivity index (χ1) is 10.5. The zero-order chi connectivity index (χ0) is 16.3. The second kappa shape index (κ2) is 6.95. The molecule has 0 bridgehead atoms. The number of rotatable bonds is 6. The first kappa shape index (κ1) is 16.5. The Balaban J connectivity index is 2.21. The van der Waals surface area contributed by atoms with Crippen LogP contribution in [0.25, 0.3) is 10.8 Å². The van der Waals surface area contributed by atoms with E-state index in [-0.39, 0.29) is 5.56 Å². The molecular formula is C16H18O6. The standard InChI is InChI=1S/C16H18O6/c17-8-12(18)14(20)16(22)15(21)13(19)11-6-5-9-3-1-2-4-10(9)7-11/h1-7,12,14-18,20-22H,8H2. The van der Waals surface area contributed by atoms with E-state index in [1.807, 2.05) is 18.2 Å². The van der Waals surface area contributed by atoms with Crippen LogP contribution in [0.1, 0.15) is 10.4 Å². The Morgan fingerprint density at radius 3 is 2.18 bits per heavy atom. The molecule has 4 atom stereocenters. The van der Waals surface area contributed by atoms with E-state index in [9.17, 15) is 25.2 Å². The molecule has 0 aliphatic carbocycles. The van der Waals surface area contributed by atoms with Crippen LogP contribution in [0, 0.1) is 0 Å². The van der Waals surface area contributed by atoms with E-state index in [1.54, 1.807) is 18.2 Å². The van der Waals surface area contributed by atoms with Crippen molar-refractivity contribution in [1.82, 2.24) is 0 Å². The molecule has 0 saturated carbocycles. The number of hydrogen-bond donors (Lipinski definition) is 5. The van der Waals surface area contributed by atoms with Gasteiger partial charge in [-0.05, 0) is 16.8 Å². The lowest BCUT2D eigenvalue weighted by molar-refractivity contribution is -0.105. The van der Waals surface area contributed by atoms with Crippen LogP contribution in [0.5, 0.6) is 0 Å². The van der Waals surface area contributed by atoms with Crippen LogP contribution in [-0.2, 0) is 0 Å². The van der Waals surface area contributed by atoms with Crippen LogP contribution in [0.3, 0.4) is 0 Å². The third kappa shape index (κ3) is 3.32. The molecule has 0 aliphatic rings. The van der Waals surface area contributed by atoms with Crippen molar-refractivity contribution in [3.05, 3.63) is 48.0 Å². The largest absolute Gasteiger partial charge is 0.394 e. The maximum Gasteiger partial charge on any atom is 0.194 e. The normalized spacial score (nSPS) is 17.0. The van der Waals surface area contributed by atoms with E-state index in [1.165, 1.54) is 6.07 Å². The predicted octanol–water partition coefficient (Wildman–Crippen LogP) is -0.542. The summed E-state index contributed by atoms with van der Waals surface area (Å²) in [6, 6.07) is 12.1. The summed E-state index contributed by atoms with van der Waals surface area (Å²) < 4.78 is 0. The van der Waals surface area contributed by atoms with E-state index in [0.717, 1.165) is 10.8 Å². The topological polar surface area (TPSA) is 118 Å². The zero-order valence-electron chi connectivity index (χ0n) is 11.7. The van der Waals surface area contributed by atoms with E-state index in [4.69, 9.17) is 5.11 Å². The highest BCUT2D eigenvalue weighted by molar-refractivity contribution is 6.02. The molecule has 4 unspecified atom stereocenters. The van der Waals surface area contributed by atoms with Gasteiger partial charge in [0.1, 0.15) is 24.4 Å². The fourth-order valence-electron chi connectivity index (χ4n) is 2.19. The molecule has 2 rings (SSSR count). The summed E-state index contributed by atoms with van der Waals surface area (Å²) in [4.78, 5) is 12.2. The van der Waals surface area contributed by atoms with Gasteiger partial charge in [-0.15, -0.1) is 0 Å². The minimum atomic E-state index is -1.91. The highest BCUT2D eigenvalue weighted by atomic mass is 16.4. The Morgan fingerprint density at radius 1 is 0.909 bits per heavy atom. The van der Waals surface area contributed by atoms with Gasteiger partial charge < -0.3 is 25.5 Å². The van der Waals surface area contributed by atoms with Crippen molar-refractivity contribution in [3.8, 4) is 0 Å². The molecular weight excluding hydrogens is 288 g/mol. The summed E-state index contributed by atoms with van der Waals surface area (Å²) in [5.41, 5.74) is 0.177. The molecule has 0 amide bonds. The maximum absolute atomic E-state index is 12.2. The van der Waals surface area contributed by atoms with Gasteiger partial charge in [-0.3, -0.25) is 4.79 Å². The molecule has 6 heteroatoms. The summed E-state index contributed by atoms with van der Waals surface area (Å²) in [7, 11) is 0. The summed E-state index contributed by atoms with van der Waals surface area (Å²) in [6.07, 6.45) is -7.28. The van der Waals surface area contributed by atoms with E-state index in [2.05, 4.69) is 0 Å². The number of carbonyl (C=O) groups is 1. The Kier molecular flexibility index (Phi) is 5.23. The maximum atomic E-state index is 12.2. The number of hydrogen-bond acceptors (Lipinski definition) is 6. The minimum absolute atomic E-state index is 0.177. The van der Waals surface area contributed by atoms with Crippen molar-refractivity contribution in [3.63, 3.8) is 0 Å². The summed E-state index contributed by atoms with van der Waals surface area (Å²) in [6.45, 7) is -0.797. The molecule has 118 valence electrons. The quantitative estimate of drug-likeness (QED) is 0.457. The Bertz CT molecular complexity index is 656. The lowest BCUT2D eigenvalue weighted by atomic mass is 9.95. The number of aliphatic hydroxyl groups is 5. The van der Waals surface area contributed by atoms with Crippen LogP contribution in [0.2, 0.25) is 0 Å². The first-order valence-corrected chi connectivity index (χ1v) is 6.82. The average molecular weight is 306 g/mol. The first-order valence-electron chi connectivity index (χ1n) is 6.82. The monoisotopic (exact) mass is 306 g/mol. The molecule has 0 aliphatic heterocycles. The smallest absolute Gasteiger partial charge is 0.194 e. The molecule has 0 saturated heterocycles. The summed E-state index contributed by atoms with van der Waals surface area (Å²) >= 11 is 0. The van der Waals surface area contributed by atoms with Crippen LogP contribution in [0.15, 0.2) is 42.5 Å². The van der Waals surface area contributed by atoms with Gasteiger partial charge in [0.15, 0.2) is 5.78 Å². The highest BCUT2D eigenvalue weighted by Crippen LogP contribution is 2.18. The molecule has 5 N–H and O–H groups in total. The van der Waals surface area contributed by atoms with Crippen molar-refractivity contribution in [2.45, 2.75) is 24.4 Å². The van der Waals surface area contributed by atoms with Gasteiger partial charge in [0.25, 0.3) is 0 Å². The summed E-state index contributed by atoms with van der Waals surface area (Å²) in [5.74, 6) is -0.776. The second-order valence-corrected chi connectivity index (χ2v) is 5.10. The number of Topliss-reactive ketones (excluding diaryl/α,β-unsaturated/α-hetero) is 1. The number of aliphatic hydroxyl groups excluding tert-OH is 5. The van der Waals surface area contributed by atoms with Gasteiger partial charge in [-0.2, -0.15) is 0 Å². The van der Waals surface area contributed by atoms with Crippen molar-refractivity contribution in [2.24, 2.45) is 0 Å². The van der Waals surface area contributed by atoms with Crippen LogP contribution < -0.4 is 0 Å². The molecule has 0 heterocycles. The molecule has 2 aromatic rings. The fourth-order valence-corrected chi connectivity index (χ4v) is 2.19. The minimum Gasteiger partial charge on any atom is -0.394 e. The Morgan fingerprint density at radius 2 is 1.55 bits per heavy atom. The lowest BCUT2D eigenvalue weighted by Crippen LogP contribution is -2.48. The van der Waals surface area contributed by atoms with E-state index in [0.29, 0.717) is 0 Å². The third-order valence-electron chi connectivity index (χ3n) is 3.56. The number of fused-ring (bicyclic) bond motifs is 1.